The third kappa shape index (κ3) is 16.8. The van der Waals surface area contributed by atoms with E-state index in [1.807, 2.05) is 58.1 Å². The van der Waals surface area contributed by atoms with Crippen molar-refractivity contribution in [1.82, 2.24) is 50.2 Å². The SMILES string of the molecule is CCOC(=O)c1cc(-c2csc([C@@H]3CCCN3C(=O)[C@@H](NC(=O)[C@H](C)N(C)C(=O)OC(C)(C)C)C3CCOCC3)n2)c2ccccc2n1.C[C@@H](C(=O)N[C@H](C(=O)N1CCC[C@H]1c1nc(-c2cc(C(=O)O)nc3ccccc23)cs1)C1CCOCC1)N(C)C(=O)OC(C)(C)C. The highest BCUT2D eigenvalue weighted by Crippen LogP contribution is 2.41. The van der Waals surface area contributed by atoms with E-state index in [9.17, 15) is 43.5 Å². The summed E-state index contributed by atoms with van der Waals surface area (Å²) in [6, 6.07) is 14.3. The molecule has 6 atom stereocenters. The number of pyridine rings is 2. The van der Waals surface area contributed by atoms with E-state index in [2.05, 4.69) is 20.6 Å². The number of hydrogen-bond donors (Lipinski definition) is 3. The number of carboxylic acid groups (broad SMARTS) is 1. The molecule has 0 spiro atoms. The lowest BCUT2D eigenvalue weighted by molar-refractivity contribution is -0.141. The number of nitrogens with zero attached hydrogens (tertiary/aromatic N) is 8. The molecule has 4 aromatic heterocycles. The number of amides is 6. The van der Waals surface area contributed by atoms with Crippen LogP contribution in [-0.2, 0) is 42.9 Å². The number of benzene rings is 2. The van der Waals surface area contributed by atoms with Gasteiger partial charge in [0, 0.05) is 86.3 Å². The van der Waals surface area contributed by atoms with E-state index >= 15 is 0 Å². The van der Waals surface area contributed by atoms with Gasteiger partial charge in [0.1, 0.15) is 56.8 Å². The van der Waals surface area contributed by atoms with Crippen LogP contribution in [0.2, 0.25) is 0 Å². The molecule has 26 heteroatoms. The van der Waals surface area contributed by atoms with Gasteiger partial charge in [-0.25, -0.2) is 39.1 Å². The molecule has 0 aliphatic carbocycles. The number of likely N-dealkylation sites (N-methyl/N-ethyl adjacent to an activating group) is 2. The summed E-state index contributed by atoms with van der Waals surface area (Å²) in [5.74, 6) is -3.09. The molecule has 24 nitrogen and oxygen atoms in total. The average Bonchev–Trinajstić information content (AvgIpc) is 1.56. The molecule has 6 amide bonds. The standard InChI is InChI=1S/C35H45N5O7S.C33H41N5O7S/c1-7-46-33(43)26-19-24(23-11-8-9-12-25(23)36-26)27-20-48-31(37-27)28-13-10-16-40(28)32(42)29(22-14-17-45-18-15-22)38-30(41)21(2)39(6)34(44)47-35(3,4)5;1-19(37(5)32(43)45-33(2,3)4)28(39)36-27(20-12-15-44-16-13-20)30(40)38-14-8-11-26(38)29-35-25(18-46-29)22-17-24(31(41)42)34-23-10-7-6-9-21(22)23/h8-9,11-12,19-22,28-29H,7,10,13-18H2,1-6H3,(H,38,41);6-7,9-10,17-20,26-27H,8,11-16H2,1-5H3,(H,36,39)(H,41,42)/t21-,28-,29-;19-,26-,27-/m00/s1. The molecule has 6 aromatic rings. The van der Waals surface area contributed by atoms with E-state index in [1.54, 1.807) is 79.3 Å². The molecular formula is C68H86N10O14S2. The summed E-state index contributed by atoms with van der Waals surface area (Å²) < 4.78 is 27.2. The zero-order chi connectivity index (χ0) is 67.8. The zero-order valence-electron chi connectivity index (χ0n) is 55.3. The van der Waals surface area contributed by atoms with Crippen molar-refractivity contribution in [2.75, 3.05) is 60.2 Å². The number of esters is 1. The second-order valence-electron chi connectivity index (χ2n) is 26.1. The minimum atomic E-state index is -1.12. The van der Waals surface area contributed by atoms with Gasteiger partial charge in [0.05, 0.1) is 41.1 Å². The summed E-state index contributed by atoms with van der Waals surface area (Å²) in [6.45, 7) is 18.8. The summed E-state index contributed by atoms with van der Waals surface area (Å²) in [5, 5.41) is 22.7. The number of thiazole rings is 2. The van der Waals surface area contributed by atoms with Crippen LogP contribution in [0.5, 0.6) is 0 Å². The number of aromatic nitrogens is 4. The highest BCUT2D eigenvalue weighted by Gasteiger charge is 2.43. The second kappa shape index (κ2) is 30.5. The number of likely N-dealkylation sites (tertiary alicyclic amines) is 2. The van der Waals surface area contributed by atoms with Crippen LogP contribution >= 0.6 is 22.7 Å². The third-order valence-electron chi connectivity index (χ3n) is 17.3. The van der Waals surface area contributed by atoms with Gasteiger partial charge in [-0.1, -0.05) is 36.4 Å². The van der Waals surface area contributed by atoms with Crippen molar-refractivity contribution in [3.63, 3.8) is 0 Å². The molecule has 8 heterocycles. The lowest BCUT2D eigenvalue weighted by atomic mass is 9.90. The Labute approximate surface area is 555 Å². The lowest BCUT2D eigenvalue weighted by Crippen LogP contribution is -2.57. The average molecular weight is 1330 g/mol. The van der Waals surface area contributed by atoms with Crippen molar-refractivity contribution in [3.8, 4) is 22.5 Å². The number of fused-ring (bicyclic) bond motifs is 2. The van der Waals surface area contributed by atoms with Gasteiger partial charge in [0.25, 0.3) is 0 Å². The van der Waals surface area contributed by atoms with Gasteiger partial charge in [-0.15, -0.1) is 22.7 Å². The maximum atomic E-state index is 14.4. The Morgan fingerprint density at radius 2 is 1.00 bits per heavy atom. The van der Waals surface area contributed by atoms with Crippen LogP contribution in [0, 0.1) is 11.8 Å². The number of nitrogens with one attached hydrogen (secondary N) is 2. The molecule has 3 N–H and O–H groups in total. The minimum absolute atomic E-state index is 0.0671. The Hall–Kier alpha value is -8.20. The molecule has 4 aliphatic rings. The first-order valence-corrected chi connectivity index (χ1v) is 33.9. The number of para-hydroxylation sites is 2. The van der Waals surface area contributed by atoms with Crippen molar-refractivity contribution in [3.05, 3.63) is 92.8 Å². The maximum absolute atomic E-state index is 14.4. The summed E-state index contributed by atoms with van der Waals surface area (Å²) in [5.41, 5.74) is 2.66. The number of carbonyl (C=O) groups excluding carboxylic acids is 7. The number of hydrogen-bond acceptors (Lipinski definition) is 19. The van der Waals surface area contributed by atoms with Crippen molar-refractivity contribution in [1.29, 1.82) is 0 Å². The molecule has 2 aromatic carbocycles. The first-order valence-electron chi connectivity index (χ1n) is 32.1. The Kier molecular flexibility index (Phi) is 22.7. The molecule has 4 saturated heterocycles. The second-order valence-corrected chi connectivity index (χ2v) is 27.9. The fourth-order valence-electron chi connectivity index (χ4n) is 12.0. The number of ether oxygens (including phenoxy) is 5. The maximum Gasteiger partial charge on any atom is 0.410 e. The van der Waals surface area contributed by atoms with E-state index < -0.39 is 71.3 Å². The van der Waals surface area contributed by atoms with Crippen LogP contribution in [0.15, 0.2) is 71.4 Å². The van der Waals surface area contributed by atoms with Gasteiger partial charge < -0.3 is 49.2 Å². The highest BCUT2D eigenvalue weighted by atomic mass is 32.1. The van der Waals surface area contributed by atoms with Crippen LogP contribution in [0.1, 0.15) is 157 Å². The monoisotopic (exact) mass is 1330 g/mol. The van der Waals surface area contributed by atoms with Crippen molar-refractivity contribution >= 4 is 92.2 Å². The fourth-order valence-corrected chi connectivity index (χ4v) is 13.9. The van der Waals surface area contributed by atoms with Crippen LogP contribution in [0.25, 0.3) is 44.3 Å². The molecular weight excluding hydrogens is 1240 g/mol. The molecule has 4 aliphatic heterocycles. The highest BCUT2D eigenvalue weighted by molar-refractivity contribution is 7.10. The molecule has 0 unspecified atom stereocenters. The van der Waals surface area contributed by atoms with Crippen LogP contribution in [0.4, 0.5) is 9.59 Å². The first-order chi connectivity index (χ1) is 44.7. The molecule has 0 radical (unpaired) electrons. The van der Waals surface area contributed by atoms with Crippen LogP contribution in [0.3, 0.4) is 0 Å². The van der Waals surface area contributed by atoms with Crippen molar-refractivity contribution in [2.45, 2.75) is 161 Å². The molecule has 4 fully saturated rings. The van der Waals surface area contributed by atoms with Gasteiger partial charge in [0.2, 0.25) is 23.6 Å². The predicted octanol–water partition coefficient (Wildman–Crippen LogP) is 10.3. The third-order valence-corrected chi connectivity index (χ3v) is 19.2. The van der Waals surface area contributed by atoms with Crippen molar-refractivity contribution < 1.29 is 67.1 Å². The molecule has 0 saturated carbocycles. The van der Waals surface area contributed by atoms with Crippen molar-refractivity contribution in [2.24, 2.45) is 11.8 Å². The van der Waals surface area contributed by atoms with E-state index in [4.69, 9.17) is 33.7 Å². The number of carbonyl (C=O) groups is 8. The summed E-state index contributed by atoms with van der Waals surface area (Å²) in [7, 11) is 3.02. The van der Waals surface area contributed by atoms with Crippen LogP contribution < -0.4 is 10.6 Å². The smallest absolute Gasteiger partial charge is 0.410 e. The van der Waals surface area contributed by atoms with Gasteiger partial charge in [-0.05, 0) is 150 Å². The zero-order valence-corrected chi connectivity index (χ0v) is 56.9. The van der Waals surface area contributed by atoms with E-state index in [-0.39, 0.29) is 53.7 Å². The Morgan fingerprint density at radius 1 is 0.606 bits per heavy atom. The lowest BCUT2D eigenvalue weighted by Gasteiger charge is -2.36. The first kappa shape index (κ1) is 70.1. The minimum Gasteiger partial charge on any atom is -0.477 e. The Balaban J connectivity index is 0.000000222. The summed E-state index contributed by atoms with van der Waals surface area (Å²) >= 11 is 2.89. The Bertz CT molecular complexity index is 3740. The molecule has 94 heavy (non-hydrogen) atoms. The number of carboxylic acids is 1. The normalized spacial score (nSPS) is 18.5. The predicted molar refractivity (Wildman–Crippen MR) is 354 cm³/mol. The van der Waals surface area contributed by atoms with E-state index in [1.165, 1.54) is 52.6 Å². The largest absolute Gasteiger partial charge is 0.477 e. The molecule has 0 bridgehead atoms. The fraction of sp³-hybridized carbons (Fsp3) is 0.529. The van der Waals surface area contributed by atoms with Gasteiger partial charge in [-0.3, -0.25) is 29.0 Å². The summed E-state index contributed by atoms with van der Waals surface area (Å²) in [6.07, 6.45) is 4.27. The molecule has 10 rings (SSSR count). The van der Waals surface area contributed by atoms with Gasteiger partial charge >= 0.3 is 24.1 Å². The molecule has 504 valence electrons. The van der Waals surface area contributed by atoms with Crippen LogP contribution in [-0.4, -0.2) is 188 Å². The van der Waals surface area contributed by atoms with E-state index in [0.717, 1.165) is 45.6 Å². The Morgan fingerprint density at radius 3 is 1.39 bits per heavy atom. The van der Waals surface area contributed by atoms with Gasteiger partial charge in [0.15, 0.2) is 0 Å². The quantitative estimate of drug-likeness (QED) is 0.0565. The van der Waals surface area contributed by atoms with E-state index in [0.29, 0.717) is 99.6 Å². The topological polar surface area (TPSA) is 292 Å². The van der Waals surface area contributed by atoms with Gasteiger partial charge in [-0.2, -0.15) is 0 Å². The number of rotatable bonds is 17. The number of aromatic carboxylic acids is 1. The summed E-state index contributed by atoms with van der Waals surface area (Å²) in [4.78, 5) is 130.